The van der Waals surface area contributed by atoms with Gasteiger partial charge in [0.1, 0.15) is 5.75 Å². The number of phenolic OH excluding ortho intramolecular Hbond substituents is 1. The Labute approximate surface area is 251 Å². The molecule has 0 atom stereocenters. The van der Waals surface area contributed by atoms with Crippen LogP contribution in [0, 0.1) is 17.8 Å². The molecule has 3 aromatic rings. The van der Waals surface area contributed by atoms with Crippen molar-refractivity contribution < 1.29 is 14.6 Å². The minimum atomic E-state index is -0.179. The lowest BCUT2D eigenvalue weighted by Gasteiger charge is -2.57. The highest BCUT2D eigenvalue weighted by Crippen LogP contribution is 2.62. The molecule has 5 fully saturated rings. The number of aliphatic imine (C=N–C) groups is 1. The number of benzene rings is 3. The molecule has 4 saturated carbocycles. The summed E-state index contributed by atoms with van der Waals surface area (Å²) >= 11 is 1.46. The van der Waals surface area contributed by atoms with E-state index >= 15 is 0 Å². The Kier molecular flexibility index (Phi) is 6.53. The Bertz CT molecular complexity index is 1570. The molecule has 0 spiro atoms. The largest absolute Gasteiger partial charge is 0.508 e. The molecule has 6 heteroatoms. The van der Waals surface area contributed by atoms with Gasteiger partial charge in [-0.1, -0.05) is 36.4 Å². The molecule has 4 bridgehead atoms. The van der Waals surface area contributed by atoms with E-state index in [9.17, 15) is 9.90 Å². The van der Waals surface area contributed by atoms with Gasteiger partial charge in [-0.15, -0.1) is 0 Å². The topological polar surface area (TPSA) is 62.1 Å². The molecule has 5 nitrogen and oxygen atoms in total. The fourth-order valence-corrected chi connectivity index (χ4v) is 9.68. The fourth-order valence-electron chi connectivity index (χ4n) is 8.72. The zero-order valence-electron chi connectivity index (χ0n) is 23.8. The Morgan fingerprint density at radius 1 is 0.833 bits per heavy atom. The van der Waals surface area contributed by atoms with Gasteiger partial charge >= 0.3 is 0 Å². The van der Waals surface area contributed by atoms with Crippen LogP contribution in [0.5, 0.6) is 5.75 Å². The predicted molar refractivity (Wildman–Crippen MR) is 169 cm³/mol. The average molecular weight is 577 g/mol. The minimum Gasteiger partial charge on any atom is -0.508 e. The van der Waals surface area contributed by atoms with Crippen LogP contribution in [-0.4, -0.2) is 47.4 Å². The smallest absolute Gasteiger partial charge is 0.286 e. The van der Waals surface area contributed by atoms with E-state index < -0.39 is 0 Å². The molecule has 2 heterocycles. The van der Waals surface area contributed by atoms with Crippen molar-refractivity contribution in [2.45, 2.75) is 43.9 Å². The molecule has 214 valence electrons. The van der Waals surface area contributed by atoms with E-state index in [0.717, 1.165) is 69.4 Å². The van der Waals surface area contributed by atoms with Crippen LogP contribution in [0.3, 0.4) is 0 Å². The summed E-state index contributed by atoms with van der Waals surface area (Å²) in [5.74, 6) is 2.70. The number of amides is 1. The second-order valence-electron chi connectivity index (χ2n) is 13.0. The summed E-state index contributed by atoms with van der Waals surface area (Å²) < 4.78 is 5.48. The number of amidine groups is 1. The van der Waals surface area contributed by atoms with Crippen molar-refractivity contribution in [1.82, 2.24) is 4.90 Å². The SMILES string of the molecule is O=C1N=C(N2CCOCC2)S/C1=C\c1cc(-c2ccccc2)cc(-c2ccc(O)c(C34CC5CC(CC(C5)C3)C4)c2)c1. The molecule has 1 amide bonds. The van der Waals surface area contributed by atoms with Gasteiger partial charge in [0.15, 0.2) is 5.17 Å². The first-order valence-corrected chi connectivity index (χ1v) is 16.2. The summed E-state index contributed by atoms with van der Waals surface area (Å²) in [5.41, 5.74) is 6.69. The van der Waals surface area contributed by atoms with Crippen LogP contribution < -0.4 is 0 Å². The Balaban J connectivity index is 1.18. The number of nitrogens with zero attached hydrogens (tertiary/aromatic N) is 2. The second kappa shape index (κ2) is 10.4. The highest BCUT2D eigenvalue weighted by Gasteiger charge is 2.52. The van der Waals surface area contributed by atoms with Crippen molar-refractivity contribution in [3.8, 4) is 28.0 Å². The molecule has 0 aromatic heterocycles. The number of rotatable bonds is 4. The third-order valence-electron chi connectivity index (χ3n) is 10.2. The first kappa shape index (κ1) is 26.3. The summed E-state index contributed by atoms with van der Waals surface area (Å²) in [4.78, 5) is 20.1. The molecule has 4 aliphatic carbocycles. The molecule has 42 heavy (non-hydrogen) atoms. The van der Waals surface area contributed by atoms with E-state index in [1.807, 2.05) is 18.2 Å². The Morgan fingerprint density at radius 3 is 2.19 bits per heavy atom. The van der Waals surface area contributed by atoms with Gasteiger partial charge < -0.3 is 14.7 Å². The number of hydrogen-bond donors (Lipinski definition) is 1. The van der Waals surface area contributed by atoms with E-state index in [1.54, 1.807) is 0 Å². The van der Waals surface area contributed by atoms with Crippen molar-refractivity contribution in [2.75, 3.05) is 26.3 Å². The summed E-state index contributed by atoms with van der Waals surface area (Å²) in [6, 6.07) is 23.2. The van der Waals surface area contributed by atoms with Gasteiger partial charge in [0, 0.05) is 18.7 Å². The van der Waals surface area contributed by atoms with Crippen molar-refractivity contribution in [3.63, 3.8) is 0 Å². The first-order chi connectivity index (χ1) is 20.5. The van der Waals surface area contributed by atoms with Crippen LogP contribution in [0.25, 0.3) is 28.3 Å². The van der Waals surface area contributed by atoms with E-state index in [4.69, 9.17) is 4.74 Å². The molecule has 2 aliphatic heterocycles. The normalized spacial score (nSPS) is 29.4. The number of aromatic hydroxyl groups is 1. The van der Waals surface area contributed by atoms with Crippen molar-refractivity contribution in [2.24, 2.45) is 22.7 Å². The third kappa shape index (κ3) is 4.79. The molecule has 6 aliphatic rings. The van der Waals surface area contributed by atoms with Crippen LogP contribution in [0.2, 0.25) is 0 Å². The van der Waals surface area contributed by atoms with Crippen molar-refractivity contribution >= 4 is 28.9 Å². The molecule has 1 N–H and O–H groups in total. The first-order valence-electron chi connectivity index (χ1n) is 15.4. The number of morpholine rings is 1. The number of carbonyl (C=O) groups is 1. The van der Waals surface area contributed by atoms with E-state index in [1.165, 1.54) is 50.3 Å². The lowest BCUT2D eigenvalue weighted by molar-refractivity contribution is -0.113. The average Bonchev–Trinajstić information content (AvgIpc) is 3.37. The standard InChI is InChI=1S/C36H36N2O3S/c39-32-7-6-28(19-31(32)36-20-24-12-25(21-36)14-26(13-24)22-36)30-16-23(15-29(18-30)27-4-2-1-3-5-27)17-33-34(40)37-35(42-33)38-8-10-41-11-9-38/h1-7,15-19,24-26,39H,8-14,20-22H2/b33-17-. The number of hydrogen-bond acceptors (Lipinski definition) is 5. The number of phenols is 1. The molecular weight excluding hydrogens is 540 g/mol. The van der Waals surface area contributed by atoms with E-state index in [2.05, 4.69) is 64.5 Å². The zero-order valence-corrected chi connectivity index (χ0v) is 24.6. The molecule has 9 rings (SSSR count). The fraction of sp³-hybridized carbons (Fsp3) is 0.389. The van der Waals surface area contributed by atoms with E-state index in [0.29, 0.717) is 23.9 Å². The van der Waals surface area contributed by atoms with Gasteiger partial charge in [-0.2, -0.15) is 4.99 Å². The van der Waals surface area contributed by atoms with Crippen LogP contribution >= 0.6 is 11.8 Å². The summed E-state index contributed by atoms with van der Waals surface area (Å²) in [6.07, 6.45) is 9.76. The molecular formula is C36H36N2O3S. The maximum atomic E-state index is 13.0. The summed E-state index contributed by atoms with van der Waals surface area (Å²) in [6.45, 7) is 2.83. The van der Waals surface area contributed by atoms with Crippen LogP contribution in [-0.2, 0) is 14.9 Å². The van der Waals surface area contributed by atoms with Crippen LogP contribution in [0.4, 0.5) is 0 Å². The van der Waals surface area contributed by atoms with Crippen molar-refractivity contribution in [3.05, 3.63) is 82.8 Å². The van der Waals surface area contributed by atoms with Gasteiger partial charge in [0.25, 0.3) is 5.91 Å². The highest BCUT2D eigenvalue weighted by molar-refractivity contribution is 8.18. The quantitative estimate of drug-likeness (QED) is 0.326. The predicted octanol–water partition coefficient (Wildman–Crippen LogP) is 7.50. The van der Waals surface area contributed by atoms with Crippen molar-refractivity contribution in [1.29, 1.82) is 0 Å². The van der Waals surface area contributed by atoms with Crippen LogP contribution in [0.15, 0.2) is 76.6 Å². The number of carbonyl (C=O) groups excluding carboxylic acids is 1. The van der Waals surface area contributed by atoms with Gasteiger partial charge in [0.2, 0.25) is 0 Å². The second-order valence-corrected chi connectivity index (χ2v) is 14.1. The highest BCUT2D eigenvalue weighted by atomic mass is 32.2. The third-order valence-corrected chi connectivity index (χ3v) is 11.2. The maximum Gasteiger partial charge on any atom is 0.286 e. The van der Waals surface area contributed by atoms with Gasteiger partial charge in [-0.25, -0.2) is 0 Å². The minimum absolute atomic E-state index is 0.108. The number of thioether (sulfide) groups is 1. The molecule has 0 radical (unpaired) electrons. The van der Waals surface area contributed by atoms with Gasteiger partial charge in [0.05, 0.1) is 18.1 Å². The maximum absolute atomic E-state index is 13.0. The Morgan fingerprint density at radius 2 is 1.50 bits per heavy atom. The van der Waals surface area contributed by atoms with Crippen LogP contribution in [0.1, 0.15) is 49.7 Å². The van der Waals surface area contributed by atoms with Gasteiger partial charge in [-0.3, -0.25) is 4.79 Å². The zero-order chi connectivity index (χ0) is 28.3. The van der Waals surface area contributed by atoms with Gasteiger partial charge in [-0.05, 0) is 138 Å². The number of ether oxygens (including phenoxy) is 1. The lowest BCUT2D eigenvalue weighted by atomic mass is 9.48. The molecule has 3 aromatic carbocycles. The summed E-state index contributed by atoms with van der Waals surface area (Å²) in [5, 5.41) is 12.0. The summed E-state index contributed by atoms with van der Waals surface area (Å²) in [7, 11) is 0. The van der Waals surface area contributed by atoms with E-state index in [-0.39, 0.29) is 11.3 Å². The molecule has 1 saturated heterocycles. The monoisotopic (exact) mass is 576 g/mol. The molecule has 0 unspecified atom stereocenters. The Hall–Kier alpha value is -3.35. The lowest BCUT2D eigenvalue weighted by Crippen LogP contribution is -2.48.